The molecule has 1 unspecified atom stereocenters. The first-order valence-corrected chi connectivity index (χ1v) is 6.96. The van der Waals surface area contributed by atoms with E-state index >= 15 is 0 Å². The summed E-state index contributed by atoms with van der Waals surface area (Å²) in [4.78, 5) is 2.43. The standard InChI is InChI=1S/C15H25N3/c1-10(2)13-7-8-16-18-14(11(3)4)9-17(12(5)6)15(13)18/h7-12,15H,1-6H3. The average Bonchev–Trinajstić information content (AvgIpc) is 2.67. The van der Waals surface area contributed by atoms with Gasteiger partial charge in [0.15, 0.2) is 0 Å². The van der Waals surface area contributed by atoms with Crippen LogP contribution < -0.4 is 0 Å². The molecule has 0 saturated heterocycles. The Labute approximate surface area is 111 Å². The maximum Gasteiger partial charge on any atom is 0.145 e. The summed E-state index contributed by atoms with van der Waals surface area (Å²) in [6, 6.07) is 0.490. The molecule has 0 aromatic carbocycles. The van der Waals surface area contributed by atoms with E-state index in [2.05, 4.69) is 68.8 Å². The third-order valence-corrected chi connectivity index (χ3v) is 3.67. The summed E-state index contributed by atoms with van der Waals surface area (Å²) < 4.78 is 0. The van der Waals surface area contributed by atoms with E-state index in [0.717, 1.165) is 0 Å². The van der Waals surface area contributed by atoms with Gasteiger partial charge in [0.25, 0.3) is 0 Å². The number of hydrazone groups is 1. The van der Waals surface area contributed by atoms with Crippen molar-refractivity contribution in [1.29, 1.82) is 0 Å². The molecular weight excluding hydrogens is 222 g/mol. The van der Waals surface area contributed by atoms with Crippen LogP contribution >= 0.6 is 0 Å². The van der Waals surface area contributed by atoms with Crippen LogP contribution in [0.1, 0.15) is 41.5 Å². The van der Waals surface area contributed by atoms with E-state index in [1.165, 1.54) is 11.3 Å². The molecule has 0 aliphatic carbocycles. The van der Waals surface area contributed by atoms with Gasteiger partial charge in [0.2, 0.25) is 0 Å². The largest absolute Gasteiger partial charge is 0.348 e. The van der Waals surface area contributed by atoms with Crippen molar-refractivity contribution in [3.8, 4) is 0 Å². The summed E-state index contributed by atoms with van der Waals surface area (Å²) in [5, 5.41) is 6.78. The zero-order valence-electron chi connectivity index (χ0n) is 12.4. The minimum atomic E-state index is 0.285. The predicted octanol–water partition coefficient (Wildman–Crippen LogP) is 3.42. The lowest BCUT2D eigenvalue weighted by Crippen LogP contribution is -2.44. The van der Waals surface area contributed by atoms with E-state index in [1.54, 1.807) is 0 Å². The van der Waals surface area contributed by atoms with Gasteiger partial charge in [-0.2, -0.15) is 5.10 Å². The molecule has 3 heteroatoms. The second kappa shape index (κ2) is 4.79. The summed E-state index contributed by atoms with van der Waals surface area (Å²) in [5.74, 6) is 1.05. The van der Waals surface area contributed by atoms with Gasteiger partial charge in [0, 0.05) is 18.5 Å². The molecule has 3 nitrogen and oxygen atoms in total. The van der Waals surface area contributed by atoms with Crippen LogP contribution in [0.3, 0.4) is 0 Å². The van der Waals surface area contributed by atoms with Gasteiger partial charge in [0.05, 0.1) is 5.70 Å². The number of rotatable bonds is 3. The topological polar surface area (TPSA) is 18.8 Å². The maximum absolute atomic E-state index is 4.58. The van der Waals surface area contributed by atoms with Crippen LogP contribution in [-0.2, 0) is 0 Å². The van der Waals surface area contributed by atoms with Crippen molar-refractivity contribution >= 4 is 6.21 Å². The molecular formula is C15H25N3. The van der Waals surface area contributed by atoms with Gasteiger partial charge in [-0.05, 0) is 37.3 Å². The van der Waals surface area contributed by atoms with Gasteiger partial charge in [-0.25, -0.2) is 5.01 Å². The van der Waals surface area contributed by atoms with E-state index in [4.69, 9.17) is 0 Å². The molecule has 0 aromatic heterocycles. The fourth-order valence-electron chi connectivity index (χ4n) is 2.61. The Kier molecular flexibility index (Phi) is 3.51. The first-order chi connectivity index (χ1) is 8.43. The van der Waals surface area contributed by atoms with E-state index in [-0.39, 0.29) is 6.17 Å². The highest BCUT2D eigenvalue weighted by atomic mass is 15.6. The molecule has 0 N–H and O–H groups in total. The van der Waals surface area contributed by atoms with Gasteiger partial charge in [0.1, 0.15) is 6.17 Å². The summed E-state index contributed by atoms with van der Waals surface area (Å²) in [5.41, 5.74) is 2.77. The fourth-order valence-corrected chi connectivity index (χ4v) is 2.61. The lowest BCUT2D eigenvalue weighted by molar-refractivity contribution is 0.138. The summed E-state index contributed by atoms with van der Waals surface area (Å²) >= 11 is 0. The van der Waals surface area contributed by atoms with Crippen molar-refractivity contribution in [3.05, 3.63) is 23.5 Å². The maximum atomic E-state index is 4.58. The van der Waals surface area contributed by atoms with Gasteiger partial charge in [-0.3, -0.25) is 0 Å². The van der Waals surface area contributed by atoms with Crippen molar-refractivity contribution in [1.82, 2.24) is 9.91 Å². The third-order valence-electron chi connectivity index (χ3n) is 3.67. The molecule has 0 amide bonds. The minimum Gasteiger partial charge on any atom is -0.348 e. The quantitative estimate of drug-likeness (QED) is 0.761. The third kappa shape index (κ3) is 2.06. The first-order valence-electron chi connectivity index (χ1n) is 6.96. The molecule has 2 rings (SSSR count). The number of hydrogen-bond donors (Lipinski definition) is 0. The fraction of sp³-hybridized carbons (Fsp3) is 0.667. The van der Waals surface area contributed by atoms with Crippen LogP contribution in [0.25, 0.3) is 0 Å². The van der Waals surface area contributed by atoms with Crippen molar-refractivity contribution in [3.63, 3.8) is 0 Å². The average molecular weight is 247 g/mol. The van der Waals surface area contributed by atoms with E-state index in [0.29, 0.717) is 17.9 Å². The summed E-state index contributed by atoms with van der Waals surface area (Å²) in [7, 11) is 0. The summed E-state index contributed by atoms with van der Waals surface area (Å²) in [6.45, 7) is 13.5. The van der Waals surface area contributed by atoms with Crippen LogP contribution in [-0.4, -0.2) is 28.3 Å². The SMILES string of the molecule is CC(C)C1=CC=NN2C(C(C)C)=CN(C(C)C)C12. The van der Waals surface area contributed by atoms with Gasteiger partial charge in [-0.1, -0.05) is 27.7 Å². The minimum absolute atomic E-state index is 0.285. The van der Waals surface area contributed by atoms with Crippen molar-refractivity contribution in [2.75, 3.05) is 0 Å². The molecule has 100 valence electrons. The molecule has 0 radical (unpaired) electrons. The highest BCUT2D eigenvalue weighted by molar-refractivity contribution is 5.74. The molecule has 0 fully saturated rings. The molecule has 2 heterocycles. The van der Waals surface area contributed by atoms with Gasteiger partial charge >= 0.3 is 0 Å². The van der Waals surface area contributed by atoms with Gasteiger partial charge < -0.3 is 4.90 Å². The zero-order valence-corrected chi connectivity index (χ0v) is 12.4. The highest BCUT2D eigenvalue weighted by Gasteiger charge is 2.38. The second-order valence-corrected chi connectivity index (χ2v) is 6.05. The number of nitrogens with zero attached hydrogens (tertiary/aromatic N) is 3. The lowest BCUT2D eigenvalue weighted by atomic mass is 9.97. The van der Waals surface area contributed by atoms with Crippen LogP contribution in [0, 0.1) is 11.8 Å². The molecule has 18 heavy (non-hydrogen) atoms. The molecule has 0 bridgehead atoms. The zero-order chi connectivity index (χ0) is 13.4. The van der Waals surface area contributed by atoms with E-state index in [1.807, 2.05) is 6.21 Å². The number of allylic oxidation sites excluding steroid dienone is 2. The second-order valence-electron chi connectivity index (χ2n) is 6.05. The van der Waals surface area contributed by atoms with Crippen LogP contribution in [0.5, 0.6) is 0 Å². The Morgan fingerprint density at radius 2 is 1.72 bits per heavy atom. The normalized spacial score (nSPS) is 23.1. The van der Waals surface area contributed by atoms with Gasteiger partial charge in [-0.15, -0.1) is 0 Å². The van der Waals surface area contributed by atoms with Crippen molar-refractivity contribution in [2.45, 2.75) is 53.8 Å². The Hall–Kier alpha value is -1.25. The van der Waals surface area contributed by atoms with Crippen LogP contribution in [0.4, 0.5) is 0 Å². The molecule has 1 atom stereocenters. The van der Waals surface area contributed by atoms with Crippen molar-refractivity contribution < 1.29 is 0 Å². The molecule has 0 spiro atoms. The van der Waals surface area contributed by atoms with Crippen molar-refractivity contribution in [2.24, 2.45) is 16.9 Å². The first kappa shape index (κ1) is 13.2. The Bertz CT molecular complexity index is 402. The lowest BCUT2D eigenvalue weighted by Gasteiger charge is -2.38. The molecule has 2 aliphatic heterocycles. The highest BCUT2D eigenvalue weighted by Crippen LogP contribution is 2.37. The molecule has 2 aliphatic rings. The van der Waals surface area contributed by atoms with E-state index in [9.17, 15) is 0 Å². The Morgan fingerprint density at radius 1 is 1.06 bits per heavy atom. The number of fused-ring (bicyclic) bond motifs is 1. The Morgan fingerprint density at radius 3 is 2.22 bits per heavy atom. The number of hydrogen-bond acceptors (Lipinski definition) is 3. The molecule has 0 aromatic rings. The predicted molar refractivity (Wildman–Crippen MR) is 76.9 cm³/mol. The monoisotopic (exact) mass is 247 g/mol. The molecule has 0 saturated carbocycles. The smallest absolute Gasteiger partial charge is 0.145 e. The van der Waals surface area contributed by atoms with E-state index < -0.39 is 0 Å². The Balaban J connectivity index is 2.39. The van der Waals surface area contributed by atoms with Crippen LogP contribution in [0.15, 0.2) is 28.6 Å². The summed E-state index contributed by atoms with van der Waals surface area (Å²) in [6.07, 6.45) is 6.69. The van der Waals surface area contributed by atoms with Crippen LogP contribution in [0.2, 0.25) is 0 Å².